The van der Waals surface area contributed by atoms with E-state index in [2.05, 4.69) is 4.99 Å². The molecule has 9 heteroatoms. The van der Waals surface area contributed by atoms with Gasteiger partial charge < -0.3 is 14.4 Å². The third kappa shape index (κ3) is 3.67. The van der Waals surface area contributed by atoms with Gasteiger partial charge in [-0.2, -0.15) is 0 Å². The Kier molecular flexibility index (Phi) is 5.88. The molecule has 1 atom stereocenters. The van der Waals surface area contributed by atoms with Crippen molar-refractivity contribution in [2.75, 3.05) is 19.1 Å². The lowest BCUT2D eigenvalue weighted by Crippen LogP contribution is -2.41. The number of hydrogen-bond donors (Lipinski definition) is 0. The van der Waals surface area contributed by atoms with E-state index in [1.54, 1.807) is 58.0 Å². The molecule has 2 aliphatic rings. The molecule has 3 heterocycles. The number of likely N-dealkylation sites (N-methyl/N-ethyl adjacent to an activating group) is 1. The Bertz CT molecular complexity index is 1630. The summed E-state index contributed by atoms with van der Waals surface area (Å²) in [5, 5.41) is 0. The Morgan fingerprint density at radius 3 is 2.58 bits per heavy atom. The van der Waals surface area contributed by atoms with Crippen LogP contribution in [0.15, 0.2) is 69.6 Å². The largest absolute Gasteiger partial charge is 0.497 e. The number of anilines is 1. The van der Waals surface area contributed by atoms with E-state index >= 15 is 0 Å². The summed E-state index contributed by atoms with van der Waals surface area (Å²) >= 11 is 1.15. The van der Waals surface area contributed by atoms with Gasteiger partial charge in [-0.3, -0.25) is 14.2 Å². The van der Waals surface area contributed by atoms with Crippen LogP contribution in [0.1, 0.15) is 37.9 Å². The van der Waals surface area contributed by atoms with Crippen LogP contribution < -0.4 is 24.5 Å². The second kappa shape index (κ2) is 8.91. The minimum atomic E-state index is -0.790. The van der Waals surface area contributed by atoms with Crippen LogP contribution in [-0.2, 0) is 14.3 Å². The van der Waals surface area contributed by atoms with Gasteiger partial charge in [-0.1, -0.05) is 41.7 Å². The second-order valence-electron chi connectivity index (χ2n) is 8.89. The molecule has 2 aromatic carbocycles. The van der Waals surface area contributed by atoms with E-state index in [1.807, 2.05) is 30.3 Å². The number of nitrogens with zero attached hydrogens (tertiary/aromatic N) is 3. The first kappa shape index (κ1) is 23.7. The lowest BCUT2D eigenvalue weighted by atomic mass is 9.95. The number of methoxy groups -OCH3 is 1. The molecule has 2 aliphatic heterocycles. The normalized spacial score (nSPS) is 18.2. The fourth-order valence-electron chi connectivity index (χ4n) is 4.63. The SMILES string of the molecule is COc1cccc([C@H]2C(C(=O)OC(C)C)=C(C)N=c3s/c(=C4/C(=O)N(C)c5ccccc54)c(=O)n32)c1. The van der Waals surface area contributed by atoms with Gasteiger partial charge in [0.1, 0.15) is 10.3 Å². The summed E-state index contributed by atoms with van der Waals surface area (Å²) in [4.78, 5) is 47.1. The average Bonchev–Trinajstić information content (AvgIpc) is 3.30. The highest BCUT2D eigenvalue weighted by Gasteiger charge is 2.36. The zero-order valence-electron chi connectivity index (χ0n) is 20.6. The molecule has 1 amide bonds. The predicted octanol–water partition coefficient (Wildman–Crippen LogP) is 2.54. The van der Waals surface area contributed by atoms with E-state index in [0.717, 1.165) is 17.0 Å². The summed E-state index contributed by atoms with van der Waals surface area (Å²) in [6.07, 6.45) is -0.349. The molecule has 3 aromatic rings. The molecule has 0 N–H and O–H groups in total. The summed E-state index contributed by atoms with van der Waals surface area (Å²) in [5.74, 6) is -0.209. The Labute approximate surface area is 211 Å². The van der Waals surface area contributed by atoms with E-state index in [1.165, 1.54) is 4.57 Å². The fraction of sp³-hybridized carbons (Fsp3) is 0.259. The van der Waals surface area contributed by atoms with Gasteiger partial charge in [0, 0.05) is 12.6 Å². The monoisotopic (exact) mass is 503 g/mol. The van der Waals surface area contributed by atoms with Crippen LogP contribution in [0.2, 0.25) is 0 Å². The van der Waals surface area contributed by atoms with Crippen LogP contribution in [-0.4, -0.2) is 36.7 Å². The van der Waals surface area contributed by atoms with Crippen molar-refractivity contribution in [2.45, 2.75) is 32.9 Å². The highest BCUT2D eigenvalue weighted by molar-refractivity contribution is 7.07. The Hall–Kier alpha value is -3.98. The minimum Gasteiger partial charge on any atom is -0.497 e. The number of benzene rings is 2. The molecule has 8 nitrogen and oxygen atoms in total. The summed E-state index contributed by atoms with van der Waals surface area (Å²) < 4.78 is 12.7. The first-order valence-electron chi connectivity index (χ1n) is 11.5. The van der Waals surface area contributed by atoms with Crippen molar-refractivity contribution in [1.82, 2.24) is 4.57 Å². The van der Waals surface area contributed by atoms with Crippen molar-refractivity contribution in [1.29, 1.82) is 0 Å². The molecule has 5 rings (SSSR count). The van der Waals surface area contributed by atoms with Crippen molar-refractivity contribution < 1.29 is 19.1 Å². The molecule has 0 aliphatic carbocycles. The van der Waals surface area contributed by atoms with Crippen LogP contribution in [0.25, 0.3) is 5.57 Å². The first-order valence-corrected chi connectivity index (χ1v) is 12.3. The van der Waals surface area contributed by atoms with E-state index in [-0.39, 0.29) is 27.7 Å². The average molecular weight is 504 g/mol. The molecule has 0 unspecified atom stereocenters. The van der Waals surface area contributed by atoms with Gasteiger partial charge in [0.25, 0.3) is 11.5 Å². The third-order valence-corrected chi connectivity index (χ3v) is 7.30. The number of carbonyl (C=O) groups excluding carboxylic acids is 2. The maximum absolute atomic E-state index is 14.0. The zero-order chi connectivity index (χ0) is 25.7. The first-order chi connectivity index (χ1) is 17.2. The predicted molar refractivity (Wildman–Crippen MR) is 137 cm³/mol. The van der Waals surface area contributed by atoms with Crippen molar-refractivity contribution in [3.63, 3.8) is 0 Å². The number of rotatable bonds is 4. The fourth-order valence-corrected chi connectivity index (χ4v) is 5.76. The summed E-state index contributed by atoms with van der Waals surface area (Å²) in [7, 11) is 3.25. The van der Waals surface area contributed by atoms with Gasteiger partial charge in [-0.15, -0.1) is 0 Å². The number of carbonyl (C=O) groups is 2. The molecule has 1 aromatic heterocycles. The highest BCUT2D eigenvalue weighted by atomic mass is 32.1. The number of allylic oxidation sites excluding steroid dienone is 1. The lowest BCUT2D eigenvalue weighted by Gasteiger charge is -2.25. The molecule has 0 spiro atoms. The topological polar surface area (TPSA) is 90.2 Å². The molecule has 0 bridgehead atoms. The molecule has 0 saturated carbocycles. The lowest BCUT2D eigenvalue weighted by molar-refractivity contribution is -0.143. The Morgan fingerprint density at radius 2 is 1.86 bits per heavy atom. The molecule has 36 heavy (non-hydrogen) atoms. The number of ether oxygens (including phenoxy) is 2. The van der Waals surface area contributed by atoms with Crippen molar-refractivity contribution in [2.24, 2.45) is 4.99 Å². The summed E-state index contributed by atoms with van der Waals surface area (Å²) in [6, 6.07) is 13.8. The quantitative estimate of drug-likeness (QED) is 0.511. The van der Waals surface area contributed by atoms with Gasteiger partial charge in [0.05, 0.1) is 41.8 Å². The number of amides is 1. The van der Waals surface area contributed by atoms with Gasteiger partial charge in [-0.25, -0.2) is 9.79 Å². The highest BCUT2D eigenvalue weighted by Crippen LogP contribution is 2.35. The maximum atomic E-state index is 14.0. The van der Waals surface area contributed by atoms with Crippen LogP contribution in [0, 0.1) is 0 Å². The number of aromatic nitrogens is 1. The van der Waals surface area contributed by atoms with Gasteiger partial charge in [0.15, 0.2) is 4.80 Å². The number of hydrogen-bond acceptors (Lipinski definition) is 7. The minimum absolute atomic E-state index is 0.255. The molecular weight excluding hydrogens is 478 g/mol. The van der Waals surface area contributed by atoms with Crippen molar-refractivity contribution >= 4 is 34.5 Å². The Morgan fingerprint density at radius 1 is 1.11 bits per heavy atom. The van der Waals surface area contributed by atoms with Crippen LogP contribution in [0.5, 0.6) is 5.75 Å². The van der Waals surface area contributed by atoms with Crippen LogP contribution in [0.3, 0.4) is 0 Å². The van der Waals surface area contributed by atoms with Crippen molar-refractivity contribution in [3.05, 3.63) is 90.6 Å². The standard InChI is InChI=1S/C27H25N3O5S/c1-14(2)35-26(33)20-15(3)28-27-30(22(20)16-9-8-10-17(13-16)34-5)25(32)23(36-27)21-18-11-6-7-12-19(18)29(4)24(21)31/h6-14,22H,1-5H3/b23-21+/t22-/m0/s1. The van der Waals surface area contributed by atoms with Gasteiger partial charge >= 0.3 is 5.97 Å². The van der Waals surface area contributed by atoms with Crippen LogP contribution in [0.4, 0.5) is 5.69 Å². The second-order valence-corrected chi connectivity index (χ2v) is 9.87. The molecular formula is C27H25N3O5S. The summed E-state index contributed by atoms with van der Waals surface area (Å²) in [6.45, 7) is 5.27. The van der Waals surface area contributed by atoms with Gasteiger partial charge in [-0.05, 0) is 44.5 Å². The van der Waals surface area contributed by atoms with Crippen LogP contribution >= 0.6 is 11.3 Å². The smallest absolute Gasteiger partial charge is 0.338 e. The zero-order valence-corrected chi connectivity index (χ0v) is 21.4. The van der Waals surface area contributed by atoms with Gasteiger partial charge in [0.2, 0.25) is 0 Å². The number of fused-ring (bicyclic) bond motifs is 2. The number of esters is 1. The van der Waals surface area contributed by atoms with E-state index in [4.69, 9.17) is 9.47 Å². The Balaban J connectivity index is 1.82. The van der Waals surface area contributed by atoms with E-state index < -0.39 is 12.0 Å². The van der Waals surface area contributed by atoms with Crippen molar-refractivity contribution in [3.8, 4) is 5.75 Å². The van der Waals surface area contributed by atoms with E-state index in [9.17, 15) is 14.4 Å². The molecule has 0 radical (unpaired) electrons. The molecule has 0 saturated heterocycles. The molecule has 0 fully saturated rings. The number of para-hydroxylation sites is 1. The maximum Gasteiger partial charge on any atom is 0.338 e. The summed E-state index contributed by atoms with van der Waals surface area (Å²) in [5.41, 5.74) is 2.80. The molecule has 184 valence electrons. The third-order valence-electron chi connectivity index (χ3n) is 6.25. The van der Waals surface area contributed by atoms with E-state index in [0.29, 0.717) is 32.9 Å². The number of thiazole rings is 1.